The predicted octanol–water partition coefficient (Wildman–Crippen LogP) is 1.63. The summed E-state index contributed by atoms with van der Waals surface area (Å²) in [4.78, 5) is 5.11. The Morgan fingerprint density at radius 3 is 2.78 bits per heavy atom. The maximum absolute atomic E-state index is 6.21. The average molecular weight is 271 g/mol. The van der Waals surface area contributed by atoms with Crippen molar-refractivity contribution in [3.63, 3.8) is 0 Å². The molecule has 2 saturated heterocycles. The quantitative estimate of drug-likeness (QED) is 0.845. The number of piperidine rings is 1. The van der Waals surface area contributed by atoms with Crippen LogP contribution in [0.1, 0.15) is 32.6 Å². The van der Waals surface area contributed by atoms with Crippen molar-refractivity contribution < 1.29 is 0 Å². The zero-order valence-corrected chi connectivity index (χ0v) is 13.0. The van der Waals surface area contributed by atoms with Gasteiger partial charge in [-0.15, -0.1) is 0 Å². The van der Waals surface area contributed by atoms with Gasteiger partial charge in [0.1, 0.15) is 0 Å². The molecule has 0 radical (unpaired) electrons. The summed E-state index contributed by atoms with van der Waals surface area (Å²) in [5, 5.41) is 0.678. The number of hydrogen-bond acceptors (Lipinski definition) is 4. The Kier molecular flexibility index (Phi) is 4.98. The average Bonchev–Trinajstić information content (AvgIpc) is 2.40. The summed E-state index contributed by atoms with van der Waals surface area (Å²) in [6.07, 6.45) is 5.28. The lowest BCUT2D eigenvalue weighted by molar-refractivity contribution is 0.0278. The van der Waals surface area contributed by atoms with Crippen LogP contribution in [0.15, 0.2) is 0 Å². The van der Waals surface area contributed by atoms with E-state index in [9.17, 15) is 0 Å². The van der Waals surface area contributed by atoms with Crippen molar-refractivity contribution >= 4 is 11.8 Å². The second-order valence-electron chi connectivity index (χ2n) is 6.13. The van der Waals surface area contributed by atoms with E-state index in [1.165, 1.54) is 44.5 Å². The highest BCUT2D eigenvalue weighted by atomic mass is 32.2. The fraction of sp³-hybridized carbons (Fsp3) is 1.00. The van der Waals surface area contributed by atoms with Gasteiger partial charge in [0.05, 0.1) is 0 Å². The highest BCUT2D eigenvalue weighted by molar-refractivity contribution is 8.00. The summed E-state index contributed by atoms with van der Waals surface area (Å²) in [5.74, 6) is 1.31. The molecule has 0 bridgehead atoms. The molecule has 106 valence electrons. The molecule has 0 spiro atoms. The van der Waals surface area contributed by atoms with E-state index in [-0.39, 0.29) is 5.54 Å². The molecule has 0 aromatic rings. The molecule has 0 aromatic carbocycles. The Morgan fingerprint density at radius 2 is 2.17 bits per heavy atom. The highest BCUT2D eigenvalue weighted by Gasteiger charge is 2.44. The van der Waals surface area contributed by atoms with E-state index < -0.39 is 0 Å². The van der Waals surface area contributed by atoms with E-state index in [0.717, 1.165) is 6.54 Å². The van der Waals surface area contributed by atoms with Gasteiger partial charge in [0.2, 0.25) is 0 Å². The van der Waals surface area contributed by atoms with Gasteiger partial charge in [-0.05, 0) is 52.1 Å². The van der Waals surface area contributed by atoms with Crippen LogP contribution >= 0.6 is 11.8 Å². The van der Waals surface area contributed by atoms with E-state index in [1.807, 2.05) is 0 Å². The molecule has 2 aliphatic rings. The maximum Gasteiger partial charge on any atom is 0.0448 e. The van der Waals surface area contributed by atoms with Crippen molar-refractivity contribution in [3.8, 4) is 0 Å². The van der Waals surface area contributed by atoms with Crippen molar-refractivity contribution in [1.82, 2.24) is 9.80 Å². The number of nitrogens with zero attached hydrogens (tertiary/aromatic N) is 2. The lowest BCUT2D eigenvalue weighted by Gasteiger charge is -2.53. The highest BCUT2D eigenvalue weighted by Crippen LogP contribution is 2.39. The lowest BCUT2D eigenvalue weighted by atomic mass is 9.85. The van der Waals surface area contributed by atoms with Gasteiger partial charge in [0.15, 0.2) is 0 Å². The zero-order chi connectivity index (χ0) is 13.2. The third kappa shape index (κ3) is 2.72. The standard InChI is InChI=1S/C14H29N3S/c1-12-14(11-15,7-5-9-18-12)17-8-4-6-13(10-17)16(2)3/h12-13H,4-11,15H2,1-3H3. The van der Waals surface area contributed by atoms with E-state index in [4.69, 9.17) is 5.73 Å². The molecule has 0 amide bonds. The third-order valence-corrected chi connectivity index (χ3v) is 6.45. The molecule has 3 nitrogen and oxygen atoms in total. The van der Waals surface area contributed by atoms with Crippen LogP contribution in [0.25, 0.3) is 0 Å². The van der Waals surface area contributed by atoms with Crippen molar-refractivity contribution in [1.29, 1.82) is 0 Å². The van der Waals surface area contributed by atoms with Crippen LogP contribution in [0.5, 0.6) is 0 Å². The molecule has 2 N–H and O–H groups in total. The smallest absolute Gasteiger partial charge is 0.0448 e. The molecule has 2 aliphatic heterocycles. The minimum Gasteiger partial charge on any atom is -0.329 e. The van der Waals surface area contributed by atoms with Crippen LogP contribution in [0.2, 0.25) is 0 Å². The Hall–Kier alpha value is 0.230. The number of nitrogens with two attached hydrogens (primary N) is 1. The normalized spacial score (nSPS) is 39.2. The summed E-state index contributed by atoms with van der Waals surface area (Å²) < 4.78 is 0. The molecular weight excluding hydrogens is 242 g/mol. The van der Waals surface area contributed by atoms with Crippen LogP contribution in [-0.4, -0.2) is 66.1 Å². The molecule has 0 aliphatic carbocycles. The number of hydrogen-bond donors (Lipinski definition) is 1. The summed E-state index contributed by atoms with van der Waals surface area (Å²) >= 11 is 2.12. The topological polar surface area (TPSA) is 32.5 Å². The van der Waals surface area contributed by atoms with Gasteiger partial charge in [-0.1, -0.05) is 6.92 Å². The first-order chi connectivity index (χ1) is 8.60. The number of thioether (sulfide) groups is 1. The second-order valence-corrected chi connectivity index (χ2v) is 7.58. The Labute approximate surface area is 116 Å². The first-order valence-corrected chi connectivity index (χ1v) is 8.38. The van der Waals surface area contributed by atoms with Crippen LogP contribution in [0.3, 0.4) is 0 Å². The van der Waals surface area contributed by atoms with Gasteiger partial charge in [-0.2, -0.15) is 11.8 Å². The minimum absolute atomic E-state index is 0.262. The molecule has 2 heterocycles. The van der Waals surface area contributed by atoms with E-state index in [2.05, 4.69) is 42.6 Å². The van der Waals surface area contributed by atoms with Gasteiger partial charge in [-0.3, -0.25) is 4.90 Å². The number of rotatable bonds is 3. The summed E-state index contributed by atoms with van der Waals surface area (Å²) in [5.41, 5.74) is 6.47. The van der Waals surface area contributed by atoms with Crippen molar-refractivity contribution in [3.05, 3.63) is 0 Å². The van der Waals surface area contributed by atoms with Gasteiger partial charge >= 0.3 is 0 Å². The molecule has 0 aromatic heterocycles. The summed E-state index contributed by atoms with van der Waals surface area (Å²) in [6, 6.07) is 0.710. The zero-order valence-electron chi connectivity index (χ0n) is 12.2. The minimum atomic E-state index is 0.262. The Balaban J connectivity index is 2.11. The molecule has 2 fully saturated rings. The molecule has 0 saturated carbocycles. The monoisotopic (exact) mass is 271 g/mol. The van der Waals surface area contributed by atoms with Crippen LogP contribution in [0.4, 0.5) is 0 Å². The van der Waals surface area contributed by atoms with E-state index in [0.29, 0.717) is 11.3 Å². The van der Waals surface area contributed by atoms with E-state index >= 15 is 0 Å². The summed E-state index contributed by atoms with van der Waals surface area (Å²) in [7, 11) is 4.42. The number of likely N-dealkylation sites (tertiary alicyclic amines) is 1. The SMILES string of the molecule is CC1SCCCC1(CN)N1CCCC(N(C)C)C1. The van der Waals surface area contributed by atoms with Crippen molar-refractivity contribution in [2.45, 2.75) is 49.4 Å². The van der Waals surface area contributed by atoms with Crippen molar-refractivity contribution in [2.24, 2.45) is 5.73 Å². The van der Waals surface area contributed by atoms with Crippen LogP contribution in [0, 0.1) is 0 Å². The lowest BCUT2D eigenvalue weighted by Crippen LogP contribution is -2.64. The van der Waals surface area contributed by atoms with Crippen molar-refractivity contribution in [2.75, 3.05) is 39.5 Å². The largest absolute Gasteiger partial charge is 0.329 e. The van der Waals surface area contributed by atoms with Crippen LogP contribution in [-0.2, 0) is 0 Å². The Morgan fingerprint density at radius 1 is 1.39 bits per heavy atom. The molecule has 18 heavy (non-hydrogen) atoms. The fourth-order valence-corrected chi connectivity index (χ4v) is 4.93. The van der Waals surface area contributed by atoms with Gasteiger partial charge in [0.25, 0.3) is 0 Å². The van der Waals surface area contributed by atoms with E-state index in [1.54, 1.807) is 0 Å². The molecule has 4 heteroatoms. The van der Waals surface area contributed by atoms with Gasteiger partial charge in [-0.25, -0.2) is 0 Å². The molecule has 3 unspecified atom stereocenters. The molecule has 2 rings (SSSR count). The number of likely N-dealkylation sites (N-methyl/N-ethyl adjacent to an activating group) is 1. The van der Waals surface area contributed by atoms with Gasteiger partial charge < -0.3 is 10.6 Å². The second kappa shape index (κ2) is 6.12. The van der Waals surface area contributed by atoms with Gasteiger partial charge in [0, 0.05) is 29.9 Å². The first kappa shape index (κ1) is 14.6. The predicted molar refractivity (Wildman–Crippen MR) is 81.2 cm³/mol. The maximum atomic E-state index is 6.21. The third-order valence-electron chi connectivity index (χ3n) is 4.99. The summed E-state index contributed by atoms with van der Waals surface area (Å²) in [6.45, 7) is 5.65. The molecular formula is C14H29N3S. The van der Waals surface area contributed by atoms with Crippen LogP contribution < -0.4 is 5.73 Å². The Bertz CT molecular complexity index is 272. The first-order valence-electron chi connectivity index (χ1n) is 7.33. The fourth-order valence-electron chi connectivity index (χ4n) is 3.59. The molecule has 3 atom stereocenters.